The van der Waals surface area contributed by atoms with Gasteiger partial charge in [-0.1, -0.05) is 0 Å². The standard InChI is InChI=1S/C19H26N4O3/c1-14(24)15-4-6-17(7-5-15)21-9-11-22(12-10-21)18(25)16-3-2-8-23(13-16)19(20)26/h4-7,16H,2-3,8-13H2,1H3,(H2,20,26)/t16-/m1/s1. The van der Waals surface area contributed by atoms with Gasteiger partial charge in [-0.25, -0.2) is 4.79 Å². The van der Waals surface area contributed by atoms with Gasteiger partial charge in [0.25, 0.3) is 0 Å². The van der Waals surface area contributed by atoms with Gasteiger partial charge in [-0.2, -0.15) is 0 Å². The molecule has 140 valence electrons. The van der Waals surface area contributed by atoms with Crippen molar-refractivity contribution in [3.8, 4) is 0 Å². The van der Waals surface area contributed by atoms with Crippen molar-refractivity contribution in [2.24, 2.45) is 11.7 Å². The maximum absolute atomic E-state index is 12.8. The van der Waals surface area contributed by atoms with Crippen LogP contribution in [0.5, 0.6) is 0 Å². The molecular formula is C19H26N4O3. The van der Waals surface area contributed by atoms with E-state index in [-0.39, 0.29) is 17.6 Å². The first-order valence-corrected chi connectivity index (χ1v) is 9.15. The highest BCUT2D eigenvalue weighted by Crippen LogP contribution is 2.22. The van der Waals surface area contributed by atoms with Crippen molar-refractivity contribution < 1.29 is 14.4 Å². The zero-order valence-corrected chi connectivity index (χ0v) is 15.2. The Balaban J connectivity index is 1.55. The van der Waals surface area contributed by atoms with Gasteiger partial charge in [0.15, 0.2) is 5.78 Å². The third-order valence-corrected chi connectivity index (χ3v) is 5.31. The van der Waals surface area contributed by atoms with Gasteiger partial charge in [0.2, 0.25) is 5.91 Å². The number of hydrogen-bond acceptors (Lipinski definition) is 4. The highest BCUT2D eigenvalue weighted by molar-refractivity contribution is 5.94. The number of nitrogens with zero attached hydrogens (tertiary/aromatic N) is 3. The van der Waals surface area contributed by atoms with Gasteiger partial charge in [-0.3, -0.25) is 9.59 Å². The normalized spacial score (nSPS) is 20.8. The van der Waals surface area contributed by atoms with Crippen molar-refractivity contribution >= 4 is 23.4 Å². The Bertz CT molecular complexity index is 681. The summed E-state index contributed by atoms with van der Waals surface area (Å²) in [5.41, 5.74) is 7.13. The molecule has 1 aromatic rings. The minimum atomic E-state index is -0.443. The van der Waals surface area contributed by atoms with Crippen LogP contribution in [0.15, 0.2) is 24.3 Å². The number of carbonyl (C=O) groups is 3. The van der Waals surface area contributed by atoms with Gasteiger partial charge >= 0.3 is 6.03 Å². The lowest BCUT2D eigenvalue weighted by Crippen LogP contribution is -2.53. The molecule has 2 aliphatic heterocycles. The number of rotatable bonds is 3. The number of carbonyl (C=O) groups excluding carboxylic acids is 3. The molecule has 2 aliphatic rings. The number of amides is 3. The number of likely N-dealkylation sites (tertiary alicyclic amines) is 1. The number of piperidine rings is 1. The molecular weight excluding hydrogens is 332 g/mol. The SMILES string of the molecule is CC(=O)c1ccc(N2CCN(C(=O)[C@@H]3CCCN(C(N)=O)C3)CC2)cc1. The first kappa shape index (κ1) is 18.2. The molecule has 0 saturated carbocycles. The van der Waals surface area contributed by atoms with Crippen LogP contribution in [0.2, 0.25) is 0 Å². The molecule has 1 atom stereocenters. The average Bonchev–Trinajstić information content (AvgIpc) is 2.67. The van der Waals surface area contributed by atoms with E-state index in [1.54, 1.807) is 11.8 Å². The van der Waals surface area contributed by atoms with E-state index in [0.717, 1.165) is 31.6 Å². The summed E-state index contributed by atoms with van der Waals surface area (Å²) in [4.78, 5) is 41.2. The summed E-state index contributed by atoms with van der Waals surface area (Å²) in [6.07, 6.45) is 1.64. The van der Waals surface area contributed by atoms with E-state index in [0.29, 0.717) is 31.7 Å². The van der Waals surface area contributed by atoms with E-state index in [1.165, 1.54) is 0 Å². The lowest BCUT2D eigenvalue weighted by Gasteiger charge is -2.39. The third kappa shape index (κ3) is 3.98. The third-order valence-electron chi connectivity index (χ3n) is 5.31. The summed E-state index contributed by atoms with van der Waals surface area (Å²) in [7, 11) is 0. The molecule has 0 aromatic heterocycles. The highest BCUT2D eigenvalue weighted by Gasteiger charge is 2.32. The Morgan fingerprint density at radius 3 is 2.19 bits per heavy atom. The van der Waals surface area contributed by atoms with E-state index in [1.807, 2.05) is 29.2 Å². The molecule has 26 heavy (non-hydrogen) atoms. The zero-order valence-electron chi connectivity index (χ0n) is 15.2. The molecule has 0 aliphatic carbocycles. The first-order valence-electron chi connectivity index (χ1n) is 9.15. The predicted molar refractivity (Wildman–Crippen MR) is 99.1 cm³/mol. The second-order valence-corrected chi connectivity index (χ2v) is 7.04. The molecule has 2 saturated heterocycles. The van der Waals surface area contributed by atoms with Gasteiger partial charge in [0.05, 0.1) is 5.92 Å². The molecule has 2 fully saturated rings. The summed E-state index contributed by atoms with van der Waals surface area (Å²) >= 11 is 0. The van der Waals surface area contributed by atoms with Crippen LogP contribution in [0.4, 0.5) is 10.5 Å². The fourth-order valence-electron chi connectivity index (χ4n) is 3.73. The number of urea groups is 1. The quantitative estimate of drug-likeness (QED) is 0.826. The first-order chi connectivity index (χ1) is 12.5. The maximum Gasteiger partial charge on any atom is 0.314 e. The van der Waals surface area contributed by atoms with E-state index in [9.17, 15) is 14.4 Å². The van der Waals surface area contributed by atoms with Crippen LogP contribution in [-0.2, 0) is 4.79 Å². The van der Waals surface area contributed by atoms with Crippen LogP contribution in [0.1, 0.15) is 30.1 Å². The van der Waals surface area contributed by atoms with Crippen molar-refractivity contribution in [3.63, 3.8) is 0 Å². The number of anilines is 1. The van der Waals surface area contributed by atoms with Crippen molar-refractivity contribution in [1.82, 2.24) is 9.80 Å². The van der Waals surface area contributed by atoms with Crippen LogP contribution in [0, 0.1) is 5.92 Å². The van der Waals surface area contributed by atoms with Crippen molar-refractivity contribution in [1.29, 1.82) is 0 Å². The molecule has 7 nitrogen and oxygen atoms in total. The lowest BCUT2D eigenvalue weighted by atomic mass is 9.96. The number of primary amides is 1. The number of piperazine rings is 1. The monoisotopic (exact) mass is 358 g/mol. The molecule has 0 spiro atoms. The number of hydrogen-bond donors (Lipinski definition) is 1. The minimum absolute atomic E-state index is 0.0597. The van der Waals surface area contributed by atoms with Gasteiger partial charge in [0, 0.05) is 50.5 Å². The fraction of sp³-hybridized carbons (Fsp3) is 0.526. The summed E-state index contributed by atoms with van der Waals surface area (Å²) in [5.74, 6) is 0.0460. The molecule has 0 bridgehead atoms. The van der Waals surface area contributed by atoms with Crippen molar-refractivity contribution in [3.05, 3.63) is 29.8 Å². The molecule has 0 unspecified atom stereocenters. The molecule has 7 heteroatoms. The van der Waals surface area contributed by atoms with Gasteiger partial charge < -0.3 is 20.4 Å². The van der Waals surface area contributed by atoms with Crippen LogP contribution < -0.4 is 10.6 Å². The Kier molecular flexibility index (Phi) is 5.44. The van der Waals surface area contributed by atoms with Crippen LogP contribution in [0.3, 0.4) is 0 Å². The second kappa shape index (κ2) is 7.76. The van der Waals surface area contributed by atoms with Crippen LogP contribution in [-0.4, -0.2) is 66.8 Å². The summed E-state index contributed by atoms with van der Waals surface area (Å²) < 4.78 is 0. The topological polar surface area (TPSA) is 87.0 Å². The highest BCUT2D eigenvalue weighted by atomic mass is 16.2. The molecule has 3 amide bonds. The van der Waals surface area contributed by atoms with Gasteiger partial charge in [0.1, 0.15) is 0 Å². The number of ketones is 1. The Morgan fingerprint density at radius 1 is 0.962 bits per heavy atom. The summed E-state index contributed by atoms with van der Waals surface area (Å²) in [5, 5.41) is 0. The average molecular weight is 358 g/mol. The second-order valence-electron chi connectivity index (χ2n) is 7.04. The van der Waals surface area contributed by atoms with E-state index in [4.69, 9.17) is 5.73 Å². The molecule has 2 N–H and O–H groups in total. The Labute approximate surface area is 153 Å². The predicted octanol–water partition coefficient (Wildman–Crippen LogP) is 1.33. The summed E-state index contributed by atoms with van der Waals surface area (Å²) in [6, 6.07) is 7.16. The summed E-state index contributed by atoms with van der Waals surface area (Å²) in [6.45, 7) is 5.49. The van der Waals surface area contributed by atoms with Crippen LogP contribution >= 0.6 is 0 Å². The number of nitrogens with two attached hydrogens (primary N) is 1. The number of benzene rings is 1. The van der Waals surface area contributed by atoms with Gasteiger partial charge in [-0.05, 0) is 44.0 Å². The van der Waals surface area contributed by atoms with Gasteiger partial charge in [-0.15, -0.1) is 0 Å². The molecule has 3 rings (SSSR count). The Hall–Kier alpha value is -2.57. The zero-order chi connectivity index (χ0) is 18.7. The van der Waals surface area contributed by atoms with E-state index in [2.05, 4.69) is 4.90 Å². The van der Waals surface area contributed by atoms with Crippen molar-refractivity contribution in [2.45, 2.75) is 19.8 Å². The largest absolute Gasteiger partial charge is 0.368 e. The lowest BCUT2D eigenvalue weighted by molar-refractivity contribution is -0.137. The molecule has 1 aromatic carbocycles. The molecule has 2 heterocycles. The smallest absolute Gasteiger partial charge is 0.314 e. The van der Waals surface area contributed by atoms with Crippen molar-refractivity contribution in [2.75, 3.05) is 44.2 Å². The fourth-order valence-corrected chi connectivity index (χ4v) is 3.73. The van der Waals surface area contributed by atoms with E-state index < -0.39 is 6.03 Å². The maximum atomic E-state index is 12.8. The Morgan fingerprint density at radius 2 is 1.62 bits per heavy atom. The molecule has 0 radical (unpaired) electrons. The minimum Gasteiger partial charge on any atom is -0.368 e. The van der Waals surface area contributed by atoms with E-state index >= 15 is 0 Å². The number of Topliss-reactive ketones (excluding diaryl/α,β-unsaturated/α-hetero) is 1. The van der Waals surface area contributed by atoms with Crippen LogP contribution in [0.25, 0.3) is 0 Å².